The van der Waals surface area contributed by atoms with Crippen molar-refractivity contribution in [2.75, 3.05) is 20.3 Å². The molecule has 1 aromatic carbocycles. The molecule has 1 unspecified atom stereocenters. The number of aromatic nitrogens is 1. The molecule has 1 aliphatic rings. The molecule has 21 heavy (non-hydrogen) atoms. The molecular formula is C16H18N2O3. The number of hydrogen-bond acceptors (Lipinski definition) is 5. The number of hydrogen-bond donors (Lipinski definition) is 1. The van der Waals surface area contributed by atoms with Gasteiger partial charge in [0.25, 0.3) is 0 Å². The van der Waals surface area contributed by atoms with Crippen LogP contribution in [0, 0.1) is 0 Å². The monoisotopic (exact) mass is 286 g/mol. The van der Waals surface area contributed by atoms with E-state index < -0.39 is 0 Å². The van der Waals surface area contributed by atoms with Crippen molar-refractivity contribution in [3.63, 3.8) is 0 Å². The van der Waals surface area contributed by atoms with Gasteiger partial charge in [-0.25, -0.2) is 4.98 Å². The molecule has 1 atom stereocenters. The number of rotatable bonds is 5. The van der Waals surface area contributed by atoms with Crippen LogP contribution in [-0.4, -0.2) is 31.3 Å². The summed E-state index contributed by atoms with van der Waals surface area (Å²) in [6.07, 6.45) is 1.82. The summed E-state index contributed by atoms with van der Waals surface area (Å²) in [5, 5.41) is 3.35. The normalized spacial score (nSPS) is 16.5. The largest absolute Gasteiger partial charge is 0.486 e. The molecule has 0 spiro atoms. The molecule has 0 saturated heterocycles. The van der Waals surface area contributed by atoms with Crippen LogP contribution in [0.3, 0.4) is 0 Å². The number of fused-ring (bicyclic) bond motifs is 1. The lowest BCUT2D eigenvalue weighted by atomic mass is 10.2. The zero-order chi connectivity index (χ0) is 14.5. The Labute approximate surface area is 123 Å². The molecule has 3 rings (SSSR count). The molecule has 5 heteroatoms. The molecule has 2 aromatic rings. The van der Waals surface area contributed by atoms with Crippen molar-refractivity contribution in [1.82, 2.24) is 10.3 Å². The Balaban J connectivity index is 1.48. The van der Waals surface area contributed by atoms with Gasteiger partial charge in [-0.05, 0) is 17.7 Å². The van der Waals surface area contributed by atoms with E-state index in [1.165, 1.54) is 0 Å². The number of para-hydroxylation sites is 2. The number of methoxy groups -OCH3 is 1. The fourth-order valence-electron chi connectivity index (χ4n) is 2.18. The summed E-state index contributed by atoms with van der Waals surface area (Å²) in [5.41, 5.74) is 1.10. The van der Waals surface area contributed by atoms with Gasteiger partial charge in [-0.1, -0.05) is 18.2 Å². The van der Waals surface area contributed by atoms with E-state index >= 15 is 0 Å². The number of ether oxygens (including phenoxy) is 3. The third kappa shape index (κ3) is 3.44. The van der Waals surface area contributed by atoms with Crippen molar-refractivity contribution >= 4 is 0 Å². The van der Waals surface area contributed by atoms with Gasteiger partial charge in [-0.15, -0.1) is 0 Å². The van der Waals surface area contributed by atoms with Crippen molar-refractivity contribution in [2.45, 2.75) is 12.6 Å². The molecule has 0 fully saturated rings. The van der Waals surface area contributed by atoms with Gasteiger partial charge in [-0.2, -0.15) is 0 Å². The first kappa shape index (κ1) is 13.7. The molecule has 0 radical (unpaired) electrons. The minimum atomic E-state index is 0.0195. The standard InChI is InChI=1S/C16H18N2O3/c1-19-16-7-6-12(9-18-16)8-17-10-13-11-20-14-4-2-3-5-15(14)21-13/h2-7,9,13,17H,8,10-11H2,1H3. The summed E-state index contributed by atoms with van der Waals surface area (Å²) in [6, 6.07) is 11.6. The quantitative estimate of drug-likeness (QED) is 0.911. The van der Waals surface area contributed by atoms with Crippen molar-refractivity contribution in [1.29, 1.82) is 0 Å². The highest BCUT2D eigenvalue weighted by molar-refractivity contribution is 5.40. The van der Waals surface area contributed by atoms with Crippen LogP contribution in [0.4, 0.5) is 0 Å². The highest BCUT2D eigenvalue weighted by Crippen LogP contribution is 2.30. The third-order valence-electron chi connectivity index (χ3n) is 3.28. The highest BCUT2D eigenvalue weighted by atomic mass is 16.6. The van der Waals surface area contributed by atoms with Crippen LogP contribution in [0.25, 0.3) is 0 Å². The number of nitrogens with zero attached hydrogens (tertiary/aromatic N) is 1. The molecule has 2 heterocycles. The molecule has 0 aliphatic carbocycles. The molecule has 1 aliphatic heterocycles. The van der Waals surface area contributed by atoms with Gasteiger partial charge < -0.3 is 19.5 Å². The van der Waals surface area contributed by atoms with Gasteiger partial charge in [-0.3, -0.25) is 0 Å². The van der Waals surface area contributed by atoms with Crippen LogP contribution >= 0.6 is 0 Å². The second-order valence-electron chi connectivity index (χ2n) is 4.84. The fourth-order valence-corrected chi connectivity index (χ4v) is 2.18. The summed E-state index contributed by atoms with van der Waals surface area (Å²) in [7, 11) is 1.61. The molecule has 0 saturated carbocycles. The summed E-state index contributed by atoms with van der Waals surface area (Å²) >= 11 is 0. The molecule has 5 nitrogen and oxygen atoms in total. The zero-order valence-corrected chi connectivity index (χ0v) is 11.9. The fraction of sp³-hybridized carbons (Fsp3) is 0.312. The molecule has 1 N–H and O–H groups in total. The first-order chi connectivity index (χ1) is 10.3. The van der Waals surface area contributed by atoms with Crippen LogP contribution in [0.5, 0.6) is 17.4 Å². The van der Waals surface area contributed by atoms with Crippen LogP contribution in [0.15, 0.2) is 42.6 Å². The lowest BCUT2D eigenvalue weighted by Gasteiger charge is -2.26. The van der Waals surface area contributed by atoms with Crippen molar-refractivity contribution < 1.29 is 14.2 Å². The van der Waals surface area contributed by atoms with Crippen LogP contribution in [-0.2, 0) is 6.54 Å². The topological polar surface area (TPSA) is 52.6 Å². The maximum absolute atomic E-state index is 5.88. The minimum absolute atomic E-state index is 0.0195. The van der Waals surface area contributed by atoms with E-state index in [1.54, 1.807) is 13.3 Å². The minimum Gasteiger partial charge on any atom is -0.486 e. The average Bonchev–Trinajstić information content (AvgIpc) is 2.55. The zero-order valence-electron chi connectivity index (χ0n) is 11.9. The average molecular weight is 286 g/mol. The number of pyridine rings is 1. The van der Waals surface area contributed by atoms with Gasteiger partial charge in [0.05, 0.1) is 7.11 Å². The van der Waals surface area contributed by atoms with E-state index in [4.69, 9.17) is 14.2 Å². The second kappa shape index (κ2) is 6.45. The van der Waals surface area contributed by atoms with E-state index in [0.29, 0.717) is 12.5 Å². The van der Waals surface area contributed by atoms with E-state index in [1.807, 2.05) is 36.4 Å². The summed E-state index contributed by atoms with van der Waals surface area (Å²) in [4.78, 5) is 4.17. The lowest BCUT2D eigenvalue weighted by molar-refractivity contribution is 0.0902. The summed E-state index contributed by atoms with van der Waals surface area (Å²) in [5.74, 6) is 2.24. The maximum atomic E-state index is 5.88. The van der Waals surface area contributed by atoms with E-state index in [-0.39, 0.29) is 6.10 Å². The lowest BCUT2D eigenvalue weighted by Crippen LogP contribution is -2.38. The Kier molecular flexibility index (Phi) is 4.21. The van der Waals surface area contributed by atoms with E-state index in [2.05, 4.69) is 10.3 Å². The van der Waals surface area contributed by atoms with Crippen LogP contribution in [0.1, 0.15) is 5.56 Å². The van der Waals surface area contributed by atoms with Crippen molar-refractivity contribution in [3.8, 4) is 17.4 Å². The van der Waals surface area contributed by atoms with Gasteiger partial charge in [0.2, 0.25) is 5.88 Å². The maximum Gasteiger partial charge on any atom is 0.212 e. The number of nitrogens with one attached hydrogen (secondary N) is 1. The Morgan fingerprint density at radius 1 is 1.24 bits per heavy atom. The first-order valence-corrected chi connectivity index (χ1v) is 6.93. The van der Waals surface area contributed by atoms with Crippen LogP contribution in [0.2, 0.25) is 0 Å². The first-order valence-electron chi connectivity index (χ1n) is 6.93. The molecule has 1 aromatic heterocycles. The Morgan fingerprint density at radius 2 is 2.10 bits per heavy atom. The Hall–Kier alpha value is -2.27. The van der Waals surface area contributed by atoms with Gasteiger partial charge >= 0.3 is 0 Å². The second-order valence-corrected chi connectivity index (χ2v) is 4.84. The Morgan fingerprint density at radius 3 is 2.86 bits per heavy atom. The highest BCUT2D eigenvalue weighted by Gasteiger charge is 2.19. The predicted molar refractivity (Wildman–Crippen MR) is 78.8 cm³/mol. The van der Waals surface area contributed by atoms with Crippen molar-refractivity contribution in [3.05, 3.63) is 48.2 Å². The third-order valence-corrected chi connectivity index (χ3v) is 3.28. The summed E-state index contributed by atoms with van der Waals surface area (Å²) in [6.45, 7) is 2.02. The summed E-state index contributed by atoms with van der Waals surface area (Å²) < 4.78 is 16.6. The van der Waals surface area contributed by atoms with Crippen LogP contribution < -0.4 is 19.5 Å². The van der Waals surface area contributed by atoms with Crippen molar-refractivity contribution in [2.24, 2.45) is 0 Å². The molecular weight excluding hydrogens is 268 g/mol. The van der Waals surface area contributed by atoms with E-state index in [9.17, 15) is 0 Å². The smallest absolute Gasteiger partial charge is 0.212 e. The predicted octanol–water partition coefficient (Wildman–Crippen LogP) is 2.02. The van der Waals surface area contributed by atoms with E-state index in [0.717, 1.165) is 30.2 Å². The SMILES string of the molecule is COc1ccc(CNCC2COc3ccccc3O2)cn1. The van der Waals surface area contributed by atoms with Gasteiger partial charge in [0, 0.05) is 25.4 Å². The van der Waals surface area contributed by atoms with Gasteiger partial charge in [0.1, 0.15) is 12.7 Å². The number of benzene rings is 1. The van der Waals surface area contributed by atoms with Gasteiger partial charge in [0.15, 0.2) is 11.5 Å². The Bertz CT molecular complexity index is 586. The molecule has 110 valence electrons. The molecule has 0 bridgehead atoms. The molecule has 0 amide bonds.